The summed E-state index contributed by atoms with van der Waals surface area (Å²) in [5.74, 6) is 0.919. The van der Waals surface area contributed by atoms with E-state index in [1.807, 2.05) is 19.9 Å². The summed E-state index contributed by atoms with van der Waals surface area (Å²) >= 11 is 0. The fourth-order valence-electron chi connectivity index (χ4n) is 2.48. The lowest BCUT2D eigenvalue weighted by Gasteiger charge is -2.15. The van der Waals surface area contributed by atoms with Crippen LogP contribution in [0.4, 0.5) is 0 Å². The minimum absolute atomic E-state index is 0.195. The Morgan fingerprint density at radius 1 is 1.47 bits per heavy atom. The van der Waals surface area contributed by atoms with Gasteiger partial charge >= 0.3 is 0 Å². The number of nitrogens with zero attached hydrogens (tertiary/aromatic N) is 1. The minimum atomic E-state index is -0.256. The Hall–Kier alpha value is -1.53. The van der Waals surface area contributed by atoms with Crippen molar-refractivity contribution in [2.75, 3.05) is 6.61 Å². The average molecular weight is 258 g/mol. The maximum atomic E-state index is 8.94. The Labute approximate surface area is 115 Å². The third-order valence-electron chi connectivity index (χ3n) is 3.76. The van der Waals surface area contributed by atoms with Crippen LogP contribution in [0.2, 0.25) is 0 Å². The van der Waals surface area contributed by atoms with Crippen LogP contribution in [0.1, 0.15) is 50.3 Å². The highest BCUT2D eigenvalue weighted by Crippen LogP contribution is 2.32. The lowest BCUT2D eigenvalue weighted by Crippen LogP contribution is -2.10. The van der Waals surface area contributed by atoms with Crippen molar-refractivity contribution >= 4 is 0 Å². The van der Waals surface area contributed by atoms with E-state index in [9.17, 15) is 0 Å². The lowest BCUT2D eigenvalue weighted by molar-refractivity contribution is 0.284. The SMILES string of the molecule is CC(C)(C#N)CCCOc1ccc2c(c1)CCC2N. The molecule has 0 saturated carbocycles. The maximum Gasteiger partial charge on any atom is 0.119 e. The molecule has 1 aliphatic carbocycles. The molecule has 1 aromatic carbocycles. The standard InChI is InChI=1S/C16H22N2O/c1-16(2,11-17)8-3-9-19-13-5-6-14-12(10-13)4-7-15(14)18/h5-6,10,15H,3-4,7-9,18H2,1-2H3. The van der Waals surface area contributed by atoms with Crippen molar-refractivity contribution < 1.29 is 4.74 Å². The highest BCUT2D eigenvalue weighted by molar-refractivity contribution is 5.40. The van der Waals surface area contributed by atoms with E-state index < -0.39 is 0 Å². The molecule has 1 aromatic rings. The van der Waals surface area contributed by atoms with Crippen molar-refractivity contribution in [2.24, 2.45) is 11.1 Å². The predicted molar refractivity (Wildman–Crippen MR) is 75.8 cm³/mol. The molecule has 0 bridgehead atoms. The van der Waals surface area contributed by atoms with Gasteiger partial charge in [-0.05, 0) is 62.8 Å². The van der Waals surface area contributed by atoms with Crippen LogP contribution in [-0.4, -0.2) is 6.61 Å². The van der Waals surface area contributed by atoms with Crippen molar-refractivity contribution in [1.29, 1.82) is 5.26 Å². The summed E-state index contributed by atoms with van der Waals surface area (Å²) in [6.07, 6.45) is 3.85. The van der Waals surface area contributed by atoms with Gasteiger partial charge in [0.25, 0.3) is 0 Å². The van der Waals surface area contributed by atoms with E-state index in [1.54, 1.807) is 0 Å². The molecule has 0 aromatic heterocycles. The number of ether oxygens (including phenoxy) is 1. The molecule has 0 aliphatic heterocycles. The van der Waals surface area contributed by atoms with Gasteiger partial charge < -0.3 is 10.5 Å². The summed E-state index contributed by atoms with van der Waals surface area (Å²) < 4.78 is 5.76. The molecule has 3 nitrogen and oxygen atoms in total. The third-order valence-corrected chi connectivity index (χ3v) is 3.76. The molecule has 1 unspecified atom stereocenters. The number of aryl methyl sites for hydroxylation is 1. The number of nitrogens with two attached hydrogens (primary N) is 1. The zero-order valence-electron chi connectivity index (χ0n) is 11.8. The quantitative estimate of drug-likeness (QED) is 0.824. The molecule has 0 saturated heterocycles. The van der Waals surface area contributed by atoms with Gasteiger partial charge in [-0.3, -0.25) is 0 Å². The zero-order valence-corrected chi connectivity index (χ0v) is 11.8. The Kier molecular flexibility index (Phi) is 4.11. The molecule has 0 radical (unpaired) electrons. The second-order valence-corrected chi connectivity index (χ2v) is 5.95. The number of hydrogen-bond acceptors (Lipinski definition) is 3. The fraction of sp³-hybridized carbons (Fsp3) is 0.562. The summed E-state index contributed by atoms with van der Waals surface area (Å²) in [6.45, 7) is 4.59. The molecule has 19 heavy (non-hydrogen) atoms. The maximum absolute atomic E-state index is 8.94. The normalized spacial score (nSPS) is 17.9. The topological polar surface area (TPSA) is 59.0 Å². The highest BCUT2D eigenvalue weighted by Gasteiger charge is 2.19. The third kappa shape index (κ3) is 3.48. The molecule has 0 heterocycles. The second-order valence-electron chi connectivity index (χ2n) is 5.95. The van der Waals surface area contributed by atoms with Crippen LogP contribution in [-0.2, 0) is 6.42 Å². The van der Waals surface area contributed by atoms with Crippen molar-refractivity contribution in [2.45, 2.75) is 45.6 Å². The Morgan fingerprint density at radius 2 is 2.26 bits per heavy atom. The van der Waals surface area contributed by atoms with E-state index in [2.05, 4.69) is 18.2 Å². The van der Waals surface area contributed by atoms with Crippen LogP contribution in [0.25, 0.3) is 0 Å². The summed E-state index contributed by atoms with van der Waals surface area (Å²) in [5, 5.41) is 8.94. The van der Waals surface area contributed by atoms with Gasteiger partial charge in [-0.2, -0.15) is 5.26 Å². The Balaban J connectivity index is 1.83. The monoisotopic (exact) mass is 258 g/mol. The summed E-state index contributed by atoms with van der Waals surface area (Å²) in [7, 11) is 0. The van der Waals surface area contributed by atoms with Gasteiger partial charge in [0.1, 0.15) is 5.75 Å². The van der Waals surface area contributed by atoms with Crippen molar-refractivity contribution in [3.63, 3.8) is 0 Å². The fourth-order valence-corrected chi connectivity index (χ4v) is 2.48. The summed E-state index contributed by atoms with van der Waals surface area (Å²) in [4.78, 5) is 0. The van der Waals surface area contributed by atoms with Gasteiger partial charge in [-0.15, -0.1) is 0 Å². The molecule has 1 aliphatic rings. The number of benzene rings is 1. The summed E-state index contributed by atoms with van der Waals surface area (Å²) in [6, 6.07) is 8.70. The van der Waals surface area contributed by atoms with Crippen molar-refractivity contribution in [3.05, 3.63) is 29.3 Å². The molecule has 2 rings (SSSR count). The first-order valence-corrected chi connectivity index (χ1v) is 6.94. The molecule has 102 valence electrons. The molecule has 0 spiro atoms. The van der Waals surface area contributed by atoms with Crippen LogP contribution in [0.3, 0.4) is 0 Å². The average Bonchev–Trinajstić information content (AvgIpc) is 2.76. The molecular formula is C16H22N2O. The van der Waals surface area contributed by atoms with Gasteiger partial charge in [0.15, 0.2) is 0 Å². The number of rotatable bonds is 5. The Bertz CT molecular complexity index is 488. The van der Waals surface area contributed by atoms with E-state index in [4.69, 9.17) is 15.7 Å². The minimum Gasteiger partial charge on any atom is -0.494 e. The first-order chi connectivity index (χ1) is 9.02. The van der Waals surface area contributed by atoms with E-state index in [1.165, 1.54) is 11.1 Å². The Morgan fingerprint density at radius 3 is 3.00 bits per heavy atom. The first-order valence-electron chi connectivity index (χ1n) is 6.94. The van der Waals surface area contributed by atoms with E-state index in [0.29, 0.717) is 6.61 Å². The van der Waals surface area contributed by atoms with E-state index in [-0.39, 0.29) is 11.5 Å². The largest absolute Gasteiger partial charge is 0.494 e. The van der Waals surface area contributed by atoms with Crippen molar-refractivity contribution in [3.8, 4) is 11.8 Å². The van der Waals surface area contributed by atoms with Crippen LogP contribution < -0.4 is 10.5 Å². The number of fused-ring (bicyclic) bond motifs is 1. The smallest absolute Gasteiger partial charge is 0.119 e. The van der Waals surface area contributed by atoms with Gasteiger partial charge in [0.2, 0.25) is 0 Å². The van der Waals surface area contributed by atoms with E-state index >= 15 is 0 Å². The molecule has 3 heteroatoms. The second kappa shape index (κ2) is 5.63. The predicted octanol–water partition coefficient (Wildman–Crippen LogP) is 3.34. The van der Waals surface area contributed by atoms with E-state index in [0.717, 1.165) is 31.4 Å². The molecule has 0 fully saturated rings. The van der Waals surface area contributed by atoms with Gasteiger partial charge in [0.05, 0.1) is 18.1 Å². The molecule has 2 N–H and O–H groups in total. The number of nitriles is 1. The van der Waals surface area contributed by atoms with Gasteiger partial charge in [-0.25, -0.2) is 0 Å². The first kappa shape index (κ1) is 13.9. The van der Waals surface area contributed by atoms with Crippen LogP contribution in [0, 0.1) is 16.7 Å². The molecular weight excluding hydrogens is 236 g/mol. The van der Waals surface area contributed by atoms with Crippen LogP contribution in [0.15, 0.2) is 18.2 Å². The number of hydrogen-bond donors (Lipinski definition) is 1. The van der Waals surface area contributed by atoms with Crippen LogP contribution in [0.5, 0.6) is 5.75 Å². The van der Waals surface area contributed by atoms with Crippen molar-refractivity contribution in [1.82, 2.24) is 0 Å². The van der Waals surface area contributed by atoms with Gasteiger partial charge in [0, 0.05) is 6.04 Å². The highest BCUT2D eigenvalue weighted by atomic mass is 16.5. The lowest BCUT2D eigenvalue weighted by atomic mass is 9.90. The molecule has 0 amide bonds. The summed E-state index contributed by atoms with van der Waals surface area (Å²) in [5.41, 5.74) is 8.34. The zero-order chi connectivity index (χ0) is 13.9. The van der Waals surface area contributed by atoms with Crippen LogP contribution >= 0.6 is 0 Å². The van der Waals surface area contributed by atoms with Gasteiger partial charge in [-0.1, -0.05) is 6.07 Å². The molecule has 1 atom stereocenters.